The number of carbonyl (C=O) groups excluding carboxylic acids is 1. The van der Waals surface area contributed by atoms with Gasteiger partial charge in [-0.2, -0.15) is 0 Å². The summed E-state index contributed by atoms with van der Waals surface area (Å²) >= 11 is 1.19. The van der Waals surface area contributed by atoms with Gasteiger partial charge in [0.15, 0.2) is 5.69 Å². The summed E-state index contributed by atoms with van der Waals surface area (Å²) in [4.78, 5) is 15.8. The largest absolute Gasteiger partial charge is 0.395 e. The lowest BCUT2D eigenvalue weighted by molar-refractivity contribution is 0.0609. The number of piperazine rings is 1. The molecule has 0 bridgehead atoms. The molecule has 7 heteroatoms. The fraction of sp³-hybridized carbons (Fsp3) is 0.667. The fourth-order valence-corrected chi connectivity index (χ4v) is 2.17. The van der Waals surface area contributed by atoms with Gasteiger partial charge in [-0.3, -0.25) is 9.69 Å². The quantitative estimate of drug-likeness (QED) is 0.758. The van der Waals surface area contributed by atoms with Crippen LogP contribution in [0.15, 0.2) is 5.38 Å². The first-order valence-corrected chi connectivity index (χ1v) is 6.04. The van der Waals surface area contributed by atoms with Crippen molar-refractivity contribution >= 4 is 17.4 Å². The fourth-order valence-electron chi connectivity index (χ4n) is 1.74. The third kappa shape index (κ3) is 2.55. The second-order valence-corrected chi connectivity index (χ2v) is 4.26. The molecule has 2 rings (SSSR count). The van der Waals surface area contributed by atoms with E-state index in [4.69, 9.17) is 5.11 Å². The van der Waals surface area contributed by atoms with Gasteiger partial charge < -0.3 is 10.0 Å². The van der Waals surface area contributed by atoms with Crippen molar-refractivity contribution in [3.63, 3.8) is 0 Å². The maximum absolute atomic E-state index is 11.9. The highest BCUT2D eigenvalue weighted by atomic mass is 32.1. The van der Waals surface area contributed by atoms with E-state index in [1.165, 1.54) is 11.5 Å². The molecule has 1 aliphatic rings. The van der Waals surface area contributed by atoms with Gasteiger partial charge in [0.25, 0.3) is 5.91 Å². The Bertz CT molecular complexity index is 335. The van der Waals surface area contributed by atoms with Crippen molar-refractivity contribution in [2.45, 2.75) is 0 Å². The van der Waals surface area contributed by atoms with Gasteiger partial charge in [-0.15, -0.1) is 5.10 Å². The van der Waals surface area contributed by atoms with Gasteiger partial charge >= 0.3 is 0 Å². The van der Waals surface area contributed by atoms with Crippen LogP contribution in [0.5, 0.6) is 0 Å². The van der Waals surface area contributed by atoms with E-state index in [9.17, 15) is 4.79 Å². The smallest absolute Gasteiger partial charge is 0.275 e. The first-order chi connectivity index (χ1) is 7.81. The number of amides is 1. The molecule has 6 nitrogen and oxygen atoms in total. The molecular formula is C9H14N4O2S. The van der Waals surface area contributed by atoms with E-state index in [2.05, 4.69) is 14.5 Å². The lowest BCUT2D eigenvalue weighted by Crippen LogP contribution is -2.49. The van der Waals surface area contributed by atoms with E-state index in [-0.39, 0.29) is 12.5 Å². The average molecular weight is 242 g/mol. The molecule has 88 valence electrons. The zero-order chi connectivity index (χ0) is 11.4. The van der Waals surface area contributed by atoms with Crippen LogP contribution in [0.4, 0.5) is 0 Å². The molecule has 1 fully saturated rings. The number of β-amino-alcohol motifs (C(OH)–C–C–N with tert-alkyl or cyclic N) is 1. The minimum absolute atomic E-state index is 0.0441. The monoisotopic (exact) mass is 242 g/mol. The van der Waals surface area contributed by atoms with Crippen molar-refractivity contribution in [1.29, 1.82) is 0 Å². The molecule has 1 saturated heterocycles. The van der Waals surface area contributed by atoms with E-state index in [1.54, 1.807) is 10.3 Å². The summed E-state index contributed by atoms with van der Waals surface area (Å²) in [6, 6.07) is 0. The van der Waals surface area contributed by atoms with Crippen LogP contribution in [0.1, 0.15) is 10.5 Å². The number of carbonyl (C=O) groups is 1. The number of aliphatic hydroxyl groups is 1. The first-order valence-electron chi connectivity index (χ1n) is 5.21. The van der Waals surface area contributed by atoms with E-state index >= 15 is 0 Å². The van der Waals surface area contributed by atoms with Crippen molar-refractivity contribution in [1.82, 2.24) is 19.4 Å². The molecule has 1 aromatic heterocycles. The Morgan fingerprint density at radius 3 is 2.75 bits per heavy atom. The van der Waals surface area contributed by atoms with Crippen LogP contribution in [0, 0.1) is 0 Å². The molecule has 16 heavy (non-hydrogen) atoms. The highest BCUT2D eigenvalue weighted by molar-refractivity contribution is 7.03. The number of hydrogen-bond donors (Lipinski definition) is 1. The first kappa shape index (κ1) is 11.4. The molecule has 1 N–H and O–H groups in total. The molecule has 0 aromatic carbocycles. The third-order valence-electron chi connectivity index (χ3n) is 2.65. The maximum atomic E-state index is 11.9. The van der Waals surface area contributed by atoms with Crippen LogP contribution in [-0.2, 0) is 0 Å². The molecule has 0 spiro atoms. The molecule has 0 atom stereocenters. The van der Waals surface area contributed by atoms with Crippen molar-refractivity contribution in [2.24, 2.45) is 0 Å². The third-order valence-corrected chi connectivity index (χ3v) is 3.16. The van der Waals surface area contributed by atoms with Crippen molar-refractivity contribution in [2.75, 3.05) is 39.3 Å². The molecule has 0 saturated carbocycles. The summed E-state index contributed by atoms with van der Waals surface area (Å²) in [5, 5.41) is 14.2. The Morgan fingerprint density at radius 2 is 2.19 bits per heavy atom. The van der Waals surface area contributed by atoms with Crippen LogP contribution in [0.25, 0.3) is 0 Å². The SMILES string of the molecule is O=C(c1csnn1)N1CCN(CCO)CC1. The van der Waals surface area contributed by atoms with Crippen LogP contribution < -0.4 is 0 Å². The summed E-state index contributed by atoms with van der Waals surface area (Å²) in [5.74, 6) is -0.0441. The van der Waals surface area contributed by atoms with Gasteiger partial charge in [0.2, 0.25) is 0 Å². The van der Waals surface area contributed by atoms with Gasteiger partial charge in [-0.05, 0) is 11.5 Å². The molecule has 0 unspecified atom stereocenters. The minimum Gasteiger partial charge on any atom is -0.395 e. The molecule has 1 aliphatic heterocycles. The molecule has 1 amide bonds. The predicted molar refractivity (Wildman–Crippen MR) is 59.3 cm³/mol. The van der Waals surface area contributed by atoms with Crippen molar-refractivity contribution < 1.29 is 9.90 Å². The van der Waals surface area contributed by atoms with Crippen LogP contribution in [0.2, 0.25) is 0 Å². The summed E-state index contributed by atoms with van der Waals surface area (Å²) < 4.78 is 3.68. The maximum Gasteiger partial charge on any atom is 0.275 e. The highest BCUT2D eigenvalue weighted by Crippen LogP contribution is 2.07. The van der Waals surface area contributed by atoms with Gasteiger partial charge in [0.1, 0.15) is 0 Å². The number of rotatable bonds is 3. The second kappa shape index (κ2) is 5.33. The lowest BCUT2D eigenvalue weighted by Gasteiger charge is -2.33. The summed E-state index contributed by atoms with van der Waals surface area (Å²) in [6.45, 7) is 3.85. The molecular weight excluding hydrogens is 228 g/mol. The van der Waals surface area contributed by atoms with Gasteiger partial charge in [-0.1, -0.05) is 4.49 Å². The van der Waals surface area contributed by atoms with E-state index < -0.39 is 0 Å². The summed E-state index contributed by atoms with van der Waals surface area (Å²) in [7, 11) is 0. The van der Waals surface area contributed by atoms with E-state index in [1.807, 2.05) is 0 Å². The number of hydrogen-bond acceptors (Lipinski definition) is 6. The normalized spacial score (nSPS) is 17.7. The van der Waals surface area contributed by atoms with E-state index in [0.29, 0.717) is 25.3 Å². The highest BCUT2D eigenvalue weighted by Gasteiger charge is 2.22. The summed E-state index contributed by atoms with van der Waals surface area (Å²) in [6.07, 6.45) is 0. The summed E-state index contributed by atoms with van der Waals surface area (Å²) in [5.41, 5.74) is 0.431. The second-order valence-electron chi connectivity index (χ2n) is 3.65. The zero-order valence-corrected chi connectivity index (χ0v) is 9.69. The number of aliphatic hydroxyl groups excluding tert-OH is 1. The molecule has 1 aromatic rings. The topological polar surface area (TPSA) is 69.6 Å². The molecule has 2 heterocycles. The van der Waals surface area contributed by atoms with Crippen LogP contribution in [0.3, 0.4) is 0 Å². The van der Waals surface area contributed by atoms with E-state index in [0.717, 1.165) is 13.1 Å². The zero-order valence-electron chi connectivity index (χ0n) is 8.87. The Labute approximate surface area is 97.6 Å². The minimum atomic E-state index is -0.0441. The van der Waals surface area contributed by atoms with Crippen LogP contribution >= 0.6 is 11.5 Å². The standard InChI is InChI=1S/C9H14N4O2S/c14-6-5-12-1-3-13(4-2-12)9(15)8-7-16-11-10-8/h7,14H,1-6H2. The average Bonchev–Trinajstić information content (AvgIpc) is 2.83. The Morgan fingerprint density at radius 1 is 1.44 bits per heavy atom. The lowest BCUT2D eigenvalue weighted by atomic mass is 10.3. The Kier molecular flexibility index (Phi) is 3.81. The Hall–Kier alpha value is -1.05. The van der Waals surface area contributed by atoms with Crippen LogP contribution in [-0.4, -0.2) is 69.7 Å². The Balaban J connectivity index is 1.87. The number of nitrogens with zero attached hydrogens (tertiary/aromatic N) is 4. The van der Waals surface area contributed by atoms with Gasteiger partial charge in [0.05, 0.1) is 6.61 Å². The van der Waals surface area contributed by atoms with Gasteiger partial charge in [-0.25, -0.2) is 0 Å². The van der Waals surface area contributed by atoms with Crippen molar-refractivity contribution in [3.05, 3.63) is 11.1 Å². The predicted octanol–water partition coefficient (Wildman–Crippen LogP) is -0.712. The molecule has 0 aliphatic carbocycles. The number of aromatic nitrogens is 2. The molecule has 0 radical (unpaired) electrons. The van der Waals surface area contributed by atoms with Gasteiger partial charge in [0, 0.05) is 38.1 Å². The van der Waals surface area contributed by atoms with Crippen molar-refractivity contribution in [3.8, 4) is 0 Å².